The molecule has 0 atom stereocenters. The molecule has 1 nitrogen and oxygen atoms in total. The van der Waals surface area contributed by atoms with Crippen LogP contribution in [0.4, 0.5) is 0 Å². The van der Waals surface area contributed by atoms with Crippen LogP contribution in [0.3, 0.4) is 0 Å². The van der Waals surface area contributed by atoms with E-state index >= 15 is 0 Å². The summed E-state index contributed by atoms with van der Waals surface area (Å²) in [6.07, 6.45) is 23.7. The van der Waals surface area contributed by atoms with E-state index in [0.717, 1.165) is 6.42 Å². The Bertz CT molecular complexity index is 789. The molecular formula is C23H51Cl2NSiZr. The van der Waals surface area contributed by atoms with Gasteiger partial charge in [0.25, 0.3) is 0 Å². The monoisotopic (exact) mass is 529 g/mol. The van der Waals surface area contributed by atoms with Gasteiger partial charge in [-0.25, -0.2) is 0 Å². The molecule has 1 N–H and O–H groups in total. The average Bonchev–Trinajstić information content (AvgIpc) is 2.95. The molecule has 0 unspecified atom stereocenters. The Morgan fingerprint density at radius 2 is 1.14 bits per heavy atom. The van der Waals surface area contributed by atoms with Gasteiger partial charge >= 0.3 is 154 Å². The Hall–Kier alpha value is 1.12. The third-order valence-corrected chi connectivity index (χ3v) is 29.7. The Morgan fingerprint density at radius 3 is 1.50 bits per heavy atom. The quantitative estimate of drug-likeness (QED) is 0.360. The zero-order chi connectivity index (χ0) is 19.8. The number of allylic oxidation sites excluding steroid dienone is 4. The van der Waals surface area contributed by atoms with Gasteiger partial charge < -0.3 is 0 Å². The Kier molecular flexibility index (Phi) is 6.15. The van der Waals surface area contributed by atoms with Crippen molar-refractivity contribution in [2.75, 3.05) is 0 Å². The number of hydrogen-bond acceptors (Lipinski definition) is 1. The van der Waals surface area contributed by atoms with E-state index in [-0.39, 0.29) is 24.8 Å². The van der Waals surface area contributed by atoms with Crippen LogP contribution in [0, 0.1) is 0 Å². The van der Waals surface area contributed by atoms with Crippen molar-refractivity contribution in [3.8, 4) is 0 Å². The fraction of sp³-hybridized carbons (Fsp3) is 0.826. The van der Waals surface area contributed by atoms with Crippen molar-refractivity contribution in [2.24, 2.45) is 0 Å². The van der Waals surface area contributed by atoms with Crippen LogP contribution in [-0.4, -0.2) is 12.9 Å². The van der Waals surface area contributed by atoms with E-state index in [0.29, 0.717) is 6.04 Å². The molecule has 2 aliphatic rings. The maximum atomic E-state index is 4.54. The topological polar surface area (TPSA) is 12.0 Å². The first-order valence-corrected chi connectivity index (χ1v) is 34.8. The summed E-state index contributed by atoms with van der Waals surface area (Å²) < 4.78 is 22.0. The van der Waals surface area contributed by atoms with Crippen molar-refractivity contribution in [1.29, 1.82) is 0 Å². The molecule has 0 spiro atoms. The van der Waals surface area contributed by atoms with Crippen LogP contribution in [0.1, 0.15) is 77.0 Å². The molecule has 0 aromatic heterocycles. The second-order valence-corrected chi connectivity index (χ2v) is 115. The third kappa shape index (κ3) is 7.99. The third-order valence-electron chi connectivity index (χ3n) is 7.44. The van der Waals surface area contributed by atoms with E-state index in [4.69, 9.17) is 0 Å². The predicted octanol–water partition coefficient (Wildman–Crippen LogP) is 8.52. The molecule has 5 heteroatoms. The molecule has 0 heterocycles. The van der Waals surface area contributed by atoms with Gasteiger partial charge in [0.1, 0.15) is 0 Å². The molecule has 1 fully saturated rings. The fourth-order valence-corrected chi connectivity index (χ4v) is 24.4. The second kappa shape index (κ2) is 5.92. The molecular weight excluding hydrogens is 480 g/mol. The van der Waals surface area contributed by atoms with Crippen LogP contribution < -0.4 is 3.26 Å². The molecule has 0 aliphatic heterocycles. The maximum absolute atomic E-state index is 5.08. The van der Waals surface area contributed by atoms with Crippen molar-refractivity contribution in [2.45, 2.75) is 111 Å². The minimum atomic E-state index is -5.08. The number of rotatable bonds is 3. The summed E-state index contributed by atoms with van der Waals surface area (Å²) in [5, 5.41) is 0. The second-order valence-electron chi connectivity index (χ2n) is 19.0. The van der Waals surface area contributed by atoms with Gasteiger partial charge in [0.15, 0.2) is 0 Å². The summed E-state index contributed by atoms with van der Waals surface area (Å²) in [7, 11) is 0. The van der Waals surface area contributed by atoms with Crippen LogP contribution >= 0.6 is 24.8 Å². The average molecular weight is 532 g/mol. The molecule has 0 aromatic rings. The van der Waals surface area contributed by atoms with Gasteiger partial charge in [-0.2, -0.15) is 0 Å². The normalized spacial score (nSPS) is 27.9. The summed E-state index contributed by atoms with van der Waals surface area (Å²) in [6.45, 7) is 2.34. The molecule has 0 saturated heterocycles. The van der Waals surface area contributed by atoms with Gasteiger partial charge in [-0.15, -0.1) is 24.8 Å². The number of nitrogens with one attached hydrogen (secondary N) is 1. The molecule has 2 rings (SSSR count). The van der Waals surface area contributed by atoms with E-state index in [1.54, 1.807) is 3.28 Å². The summed E-state index contributed by atoms with van der Waals surface area (Å²) >= 11 is -5.08. The van der Waals surface area contributed by atoms with Crippen LogP contribution in [0.2, 0.25) is 27.8 Å². The zero-order valence-electron chi connectivity index (χ0n) is 19.8. The number of halogens is 2. The standard InChI is InChI=1S/C12H24N.C5H5.6CH3.2ClH.H2Si.Zr/c13-12-10-8-6-4-2-1-3-5-7-9-11-12;1-2-4-5-3-1;;;;;;;;;;/h12-13H,1-11H2;1-3H,4H2;6*1H3;2*1H;1H2;/q-1;;;;;;;;;;;+1. The molecule has 2 aliphatic carbocycles. The van der Waals surface area contributed by atoms with Gasteiger partial charge in [-0.05, 0) is 0 Å². The van der Waals surface area contributed by atoms with Gasteiger partial charge in [-0.1, -0.05) is 0 Å². The summed E-state index contributed by atoms with van der Waals surface area (Å²) in [5.74, 6) is 0. The molecule has 28 heavy (non-hydrogen) atoms. The first-order valence-electron chi connectivity index (χ1n) is 11.7. The van der Waals surface area contributed by atoms with Gasteiger partial charge in [0.05, 0.1) is 0 Å². The summed E-state index contributed by atoms with van der Waals surface area (Å²) in [4.78, 5) is 0. The Labute approximate surface area is 178 Å². The molecule has 0 radical (unpaired) electrons. The molecule has 0 aromatic carbocycles. The van der Waals surface area contributed by atoms with E-state index in [2.05, 4.69) is 56.2 Å². The fourth-order valence-electron chi connectivity index (χ4n) is 5.65. The predicted molar refractivity (Wildman–Crippen MR) is 138 cm³/mol. The van der Waals surface area contributed by atoms with Crippen molar-refractivity contribution in [3.05, 3.63) is 21.5 Å². The van der Waals surface area contributed by atoms with Crippen LogP contribution in [0.15, 0.2) is 21.5 Å². The van der Waals surface area contributed by atoms with Crippen molar-refractivity contribution in [3.63, 3.8) is 0 Å². The van der Waals surface area contributed by atoms with E-state index in [1.807, 2.05) is 0 Å². The van der Waals surface area contributed by atoms with Gasteiger partial charge in [0.2, 0.25) is 0 Å². The van der Waals surface area contributed by atoms with Crippen molar-refractivity contribution < 1.29 is 11.8 Å². The van der Waals surface area contributed by atoms with Crippen LogP contribution in [-0.2, 0) is 11.8 Å². The summed E-state index contributed by atoms with van der Waals surface area (Å²) in [5.41, 5.74) is 0. The van der Waals surface area contributed by atoms with Crippen LogP contribution in [0.25, 0.3) is 0 Å². The van der Waals surface area contributed by atoms with Gasteiger partial charge in [0, 0.05) is 0 Å². The van der Waals surface area contributed by atoms with Gasteiger partial charge in [-0.3, -0.25) is 0 Å². The zero-order valence-corrected chi connectivity index (χ0v) is 25.3. The van der Waals surface area contributed by atoms with E-state index in [9.17, 15) is 0 Å². The first-order chi connectivity index (χ1) is 11.3. The van der Waals surface area contributed by atoms with Crippen molar-refractivity contribution >= 4 is 31.7 Å². The molecule has 0 amide bonds. The Morgan fingerprint density at radius 1 is 0.750 bits per heavy atom. The van der Waals surface area contributed by atoms with E-state index in [1.165, 1.54) is 70.6 Å². The molecule has 170 valence electrons. The first kappa shape index (κ1) is 29.1. The number of hydrogen-bond donors (Lipinski definition) is 1. The van der Waals surface area contributed by atoms with E-state index < -0.39 is 11.8 Å². The summed E-state index contributed by atoms with van der Waals surface area (Å²) in [6, 6.07) is 0.626. The Balaban J connectivity index is 0.00000364. The molecule has 1 saturated carbocycles. The minimum absolute atomic E-state index is 0. The SMILES string of the molecule is Cl.Cl.[CH3][Zr]([CH3])([CH3])([CH3])([CH3])([CH3])(=[SiH2])([NH]C1CCCCCCCCCCC1)[C]1=CC=CC1. The van der Waals surface area contributed by atoms with Crippen molar-refractivity contribution in [1.82, 2.24) is 3.26 Å². The van der Waals surface area contributed by atoms with Crippen LogP contribution in [0.5, 0.6) is 0 Å². The molecule has 0 bridgehead atoms.